The van der Waals surface area contributed by atoms with Gasteiger partial charge < -0.3 is 26.0 Å². The molecule has 0 fully saturated rings. The number of ether oxygens (including phenoxy) is 1. The van der Waals surface area contributed by atoms with Gasteiger partial charge in [0.25, 0.3) is 0 Å². The highest BCUT2D eigenvalue weighted by Gasteiger charge is 2.27. The first-order valence-corrected chi connectivity index (χ1v) is 16.3. The quantitative estimate of drug-likeness (QED) is 0.137. The van der Waals surface area contributed by atoms with Crippen molar-refractivity contribution in [3.05, 3.63) is 27.2 Å². The summed E-state index contributed by atoms with van der Waals surface area (Å²) in [6.07, 6.45) is 3.72. The van der Waals surface area contributed by atoms with Crippen molar-refractivity contribution < 1.29 is 23.9 Å². The lowest BCUT2D eigenvalue weighted by atomic mass is 9.92. The van der Waals surface area contributed by atoms with E-state index in [1.165, 1.54) is 0 Å². The van der Waals surface area contributed by atoms with Crippen LogP contribution in [-0.4, -0.2) is 56.0 Å². The smallest absolute Gasteiger partial charge is 0.242 e. The van der Waals surface area contributed by atoms with Gasteiger partial charge in [0.1, 0.15) is 6.04 Å². The first kappa shape index (κ1) is 38.6. The summed E-state index contributed by atoms with van der Waals surface area (Å²) in [4.78, 5) is 50.5. The number of aryl methyl sites for hydroxylation is 2. The number of rotatable bonds is 19. The van der Waals surface area contributed by atoms with Crippen molar-refractivity contribution in [1.29, 1.82) is 0 Å². The van der Waals surface area contributed by atoms with Crippen LogP contribution in [0.5, 0.6) is 0 Å². The lowest BCUT2D eigenvalue weighted by Gasteiger charge is -2.30. The van der Waals surface area contributed by atoms with Crippen molar-refractivity contribution >= 4 is 45.2 Å². The zero-order valence-corrected chi connectivity index (χ0v) is 29.4. The molecule has 0 saturated heterocycles. The van der Waals surface area contributed by atoms with Gasteiger partial charge in [0, 0.05) is 53.3 Å². The predicted octanol–water partition coefficient (Wildman–Crippen LogP) is 5.87. The molecule has 43 heavy (non-hydrogen) atoms. The summed E-state index contributed by atoms with van der Waals surface area (Å²) >= 11 is 3.59. The second-order valence-corrected chi connectivity index (χ2v) is 14.0. The van der Waals surface area contributed by atoms with Gasteiger partial charge in [-0.15, -0.1) is 0 Å². The Hall–Kier alpha value is -2.46. The lowest BCUT2D eigenvalue weighted by molar-refractivity contribution is -0.130. The maximum absolute atomic E-state index is 13.3. The van der Waals surface area contributed by atoms with E-state index in [4.69, 9.17) is 4.74 Å². The molecule has 244 valence electrons. The topological polar surface area (TPSA) is 126 Å². The van der Waals surface area contributed by atoms with Crippen LogP contribution in [0.25, 0.3) is 0 Å². The number of halogens is 1. The molecule has 1 rings (SSSR count). The molecule has 1 aromatic carbocycles. The molecule has 9 nitrogen and oxygen atoms in total. The van der Waals surface area contributed by atoms with Crippen LogP contribution in [0.1, 0.15) is 103 Å². The van der Waals surface area contributed by atoms with Crippen molar-refractivity contribution in [3.63, 3.8) is 0 Å². The third kappa shape index (κ3) is 14.7. The average molecular weight is 668 g/mol. The van der Waals surface area contributed by atoms with Crippen molar-refractivity contribution in [2.45, 2.75) is 113 Å². The molecule has 0 bridgehead atoms. The molecule has 0 radical (unpaired) electrons. The zero-order chi connectivity index (χ0) is 32.8. The van der Waals surface area contributed by atoms with E-state index in [1.807, 2.05) is 61.5 Å². The summed E-state index contributed by atoms with van der Waals surface area (Å²) in [6.45, 7) is 19.6. The highest BCUT2D eigenvalue weighted by Crippen LogP contribution is 2.31. The van der Waals surface area contributed by atoms with Crippen LogP contribution >= 0.6 is 15.9 Å². The molecular formula is C33H55BrN4O5. The number of nitrogens with one attached hydrogen (secondary N) is 4. The normalized spacial score (nSPS) is 12.4. The highest BCUT2D eigenvalue weighted by molar-refractivity contribution is 9.10. The molecule has 1 atom stereocenters. The Morgan fingerprint density at radius 1 is 0.837 bits per heavy atom. The second-order valence-electron chi connectivity index (χ2n) is 13.2. The van der Waals surface area contributed by atoms with Gasteiger partial charge >= 0.3 is 0 Å². The molecule has 0 aromatic heterocycles. The summed E-state index contributed by atoms with van der Waals surface area (Å²) in [6, 6.07) is 1.18. The van der Waals surface area contributed by atoms with Gasteiger partial charge in [-0.25, -0.2) is 0 Å². The summed E-state index contributed by atoms with van der Waals surface area (Å²) in [5.74, 6) is -0.721. The Bertz CT molecular complexity index is 1100. The fourth-order valence-electron chi connectivity index (χ4n) is 4.52. The number of unbranched alkanes of at least 4 members (excludes halogenated alkanes) is 2. The van der Waals surface area contributed by atoms with Gasteiger partial charge in [0.05, 0.1) is 13.2 Å². The molecule has 0 heterocycles. The van der Waals surface area contributed by atoms with Crippen LogP contribution in [0.15, 0.2) is 10.5 Å². The van der Waals surface area contributed by atoms with E-state index in [-0.39, 0.29) is 47.3 Å². The molecule has 0 aliphatic heterocycles. The van der Waals surface area contributed by atoms with Crippen LogP contribution in [-0.2, 0) is 23.9 Å². The summed E-state index contributed by atoms with van der Waals surface area (Å²) in [5, 5.41) is 11.7. The van der Waals surface area contributed by atoms with Crippen LogP contribution in [0, 0.1) is 31.6 Å². The Labute approximate surface area is 267 Å². The van der Waals surface area contributed by atoms with Gasteiger partial charge in [0.2, 0.25) is 23.6 Å². The maximum atomic E-state index is 13.3. The number of hydrogen-bond donors (Lipinski definition) is 4. The number of anilines is 1. The molecule has 4 amide bonds. The molecule has 0 saturated carbocycles. The second kappa shape index (κ2) is 18.4. The first-order chi connectivity index (χ1) is 20.0. The van der Waals surface area contributed by atoms with Crippen LogP contribution in [0.3, 0.4) is 0 Å². The number of amides is 4. The Kier molecular flexibility index (Phi) is 16.5. The Balaban J connectivity index is 2.79. The van der Waals surface area contributed by atoms with E-state index in [0.717, 1.165) is 46.1 Å². The standard InChI is InChI=1S/C33H55BrN4O5/c1-10-12-13-14-27(40)37-25(15-16-28(41)38-30-23(4)17-22(3)29(34)24(30)5)31(42)36-19-33(8,9)21-43-20-32(6,7)18-35-26(39)11-2/h17,25H,10-16,18-21H2,1-9H3,(H,35,39)(H,36,42)(H,37,40)(H,38,41)/t25-/m1/s1. The van der Waals surface area contributed by atoms with Crippen molar-refractivity contribution in [2.24, 2.45) is 10.8 Å². The SMILES string of the molecule is CCCCCC(=O)N[C@H](CCC(=O)Nc1c(C)cc(C)c(Br)c1C)C(=O)NCC(C)(C)COCC(C)(C)CNC(=O)CC. The van der Waals surface area contributed by atoms with Gasteiger partial charge in [-0.1, -0.05) is 76.4 Å². The first-order valence-electron chi connectivity index (χ1n) is 15.5. The largest absolute Gasteiger partial charge is 0.380 e. The minimum Gasteiger partial charge on any atom is -0.380 e. The van der Waals surface area contributed by atoms with E-state index >= 15 is 0 Å². The fraction of sp³-hybridized carbons (Fsp3) is 0.697. The fourth-order valence-corrected chi connectivity index (χ4v) is 4.83. The highest BCUT2D eigenvalue weighted by atomic mass is 79.9. The van der Waals surface area contributed by atoms with Gasteiger partial charge in [-0.3, -0.25) is 19.2 Å². The van der Waals surface area contributed by atoms with E-state index < -0.39 is 6.04 Å². The summed E-state index contributed by atoms with van der Waals surface area (Å²) < 4.78 is 6.93. The summed E-state index contributed by atoms with van der Waals surface area (Å²) in [5.41, 5.74) is 3.15. The van der Waals surface area contributed by atoms with E-state index in [0.29, 0.717) is 39.1 Å². The van der Waals surface area contributed by atoms with Gasteiger partial charge in [-0.05, 0) is 50.3 Å². The van der Waals surface area contributed by atoms with Crippen molar-refractivity contribution in [1.82, 2.24) is 16.0 Å². The van der Waals surface area contributed by atoms with Crippen LogP contribution in [0.2, 0.25) is 0 Å². The lowest BCUT2D eigenvalue weighted by Crippen LogP contribution is -2.49. The Morgan fingerprint density at radius 3 is 2.02 bits per heavy atom. The van der Waals surface area contributed by atoms with Crippen LogP contribution in [0.4, 0.5) is 5.69 Å². The monoisotopic (exact) mass is 666 g/mol. The third-order valence-corrected chi connectivity index (χ3v) is 8.49. The van der Waals surface area contributed by atoms with E-state index in [2.05, 4.69) is 44.1 Å². The van der Waals surface area contributed by atoms with Crippen molar-refractivity contribution in [3.8, 4) is 0 Å². The Morgan fingerprint density at radius 2 is 1.44 bits per heavy atom. The molecule has 0 aliphatic rings. The molecule has 0 aliphatic carbocycles. The third-order valence-electron chi connectivity index (χ3n) is 7.27. The molecular weight excluding hydrogens is 612 g/mol. The molecule has 4 N–H and O–H groups in total. The van der Waals surface area contributed by atoms with E-state index in [9.17, 15) is 19.2 Å². The minimum absolute atomic E-state index is 0.00839. The van der Waals surface area contributed by atoms with Crippen LogP contribution < -0.4 is 21.3 Å². The van der Waals surface area contributed by atoms with Gasteiger partial charge in [-0.2, -0.15) is 0 Å². The molecule has 0 spiro atoms. The zero-order valence-electron chi connectivity index (χ0n) is 27.9. The van der Waals surface area contributed by atoms with Crippen molar-refractivity contribution in [2.75, 3.05) is 31.6 Å². The predicted molar refractivity (Wildman–Crippen MR) is 177 cm³/mol. The number of hydrogen-bond acceptors (Lipinski definition) is 5. The number of benzene rings is 1. The summed E-state index contributed by atoms with van der Waals surface area (Å²) in [7, 11) is 0. The maximum Gasteiger partial charge on any atom is 0.242 e. The molecule has 0 unspecified atom stereocenters. The molecule has 1 aromatic rings. The number of carbonyl (C=O) groups excluding carboxylic acids is 4. The minimum atomic E-state index is -0.829. The average Bonchev–Trinajstić information content (AvgIpc) is 2.93. The van der Waals surface area contributed by atoms with E-state index in [1.54, 1.807) is 0 Å². The molecule has 10 heteroatoms. The van der Waals surface area contributed by atoms with Gasteiger partial charge in [0.15, 0.2) is 0 Å². The number of carbonyl (C=O) groups is 4.